The number of carbonyl (C=O) groups is 6. The molecule has 2 aliphatic carbocycles. The number of rotatable bonds is 26. The molecular formula is C60H68N2O14S2. The summed E-state index contributed by atoms with van der Waals surface area (Å²) in [5, 5.41) is 9.87. The van der Waals surface area contributed by atoms with E-state index in [1.165, 1.54) is 0 Å². The van der Waals surface area contributed by atoms with Crippen LogP contribution < -0.4 is 28.4 Å². The van der Waals surface area contributed by atoms with Crippen LogP contribution in [-0.2, 0) is 43.7 Å². The highest BCUT2D eigenvalue weighted by molar-refractivity contribution is 8.24. The van der Waals surface area contributed by atoms with Gasteiger partial charge in [0.25, 0.3) is 5.70 Å². The van der Waals surface area contributed by atoms with Crippen molar-refractivity contribution in [2.45, 2.75) is 139 Å². The van der Waals surface area contributed by atoms with E-state index in [0.717, 1.165) is 87.0 Å². The predicted molar refractivity (Wildman–Crippen MR) is 293 cm³/mol. The van der Waals surface area contributed by atoms with Crippen LogP contribution in [-0.4, -0.2) is 62.2 Å². The third-order valence-corrected chi connectivity index (χ3v) is 16.1. The summed E-state index contributed by atoms with van der Waals surface area (Å²) in [5.74, 6) is -1.82. The molecule has 0 bridgehead atoms. The van der Waals surface area contributed by atoms with Crippen molar-refractivity contribution in [3.63, 3.8) is 0 Å². The Morgan fingerprint density at radius 2 is 0.949 bits per heavy atom. The molecule has 2 saturated carbocycles. The number of hydrogen-bond donors (Lipinski definition) is 0. The van der Waals surface area contributed by atoms with Crippen LogP contribution in [0.2, 0.25) is 0 Å². The second-order valence-electron chi connectivity index (χ2n) is 20.2. The summed E-state index contributed by atoms with van der Waals surface area (Å²) in [6, 6.07) is 17.4. The fourth-order valence-electron chi connectivity index (χ4n) is 9.01. The molecule has 78 heavy (non-hydrogen) atoms. The lowest BCUT2D eigenvalue weighted by Gasteiger charge is -2.29. The topological polar surface area (TPSA) is 204 Å². The Labute approximate surface area is 465 Å². The summed E-state index contributed by atoms with van der Waals surface area (Å²) < 4.78 is 45.9. The number of esters is 6. The molecule has 0 radical (unpaired) electrons. The lowest BCUT2D eigenvalue weighted by Crippen LogP contribution is -2.31. The first-order valence-electron chi connectivity index (χ1n) is 26.6. The highest BCUT2D eigenvalue weighted by Crippen LogP contribution is 2.61. The lowest BCUT2D eigenvalue weighted by molar-refractivity contribution is -0.145. The van der Waals surface area contributed by atoms with E-state index < -0.39 is 53.0 Å². The molecule has 0 atom stereocenters. The summed E-state index contributed by atoms with van der Waals surface area (Å²) >= 11 is 2.24. The van der Waals surface area contributed by atoms with Crippen LogP contribution in [0.4, 0.5) is 0 Å². The number of carbonyl (C=O) groups excluding carboxylic acids is 6. The molecule has 1 aliphatic heterocycles. The SMILES string of the molecule is [C-]#[N+]/C(C#N)=C1/Sc2c(OC(=O)C3CCC(C(=O)Oc4ccc(OCCCCCCOC(=O)C=C)cc4)CC3)cc(C(C)(C)C)c(OC(=O)C3CCC(C(=O)Oc4ccc(OCCCCCCOC(=O)C=C)cc4)CC3)c2S1. The Hall–Kier alpha value is -7.02. The lowest BCUT2D eigenvalue weighted by atomic mass is 9.82. The molecule has 16 nitrogen and oxygen atoms in total. The number of benzene rings is 3. The van der Waals surface area contributed by atoms with Crippen LogP contribution in [0, 0.1) is 41.6 Å². The monoisotopic (exact) mass is 1100 g/mol. The fourth-order valence-corrected chi connectivity index (χ4v) is 11.5. The molecule has 0 unspecified atom stereocenters. The van der Waals surface area contributed by atoms with Crippen LogP contribution in [0.25, 0.3) is 4.85 Å². The molecule has 1 heterocycles. The normalized spacial score (nSPS) is 18.3. The zero-order chi connectivity index (χ0) is 56.0. The number of fused-ring (bicyclic) bond motifs is 1. The Kier molecular flexibility index (Phi) is 23.3. The van der Waals surface area contributed by atoms with Crippen molar-refractivity contribution in [1.82, 2.24) is 0 Å². The van der Waals surface area contributed by atoms with Crippen molar-refractivity contribution in [3.05, 3.63) is 107 Å². The second-order valence-corrected chi connectivity index (χ2v) is 22.5. The summed E-state index contributed by atoms with van der Waals surface area (Å²) in [6.07, 6.45) is 12.4. The van der Waals surface area contributed by atoms with Gasteiger partial charge in [-0.2, -0.15) is 0 Å². The summed E-state index contributed by atoms with van der Waals surface area (Å²) in [4.78, 5) is 81.2. The Balaban J connectivity index is 0.993. The number of nitriles is 1. The molecule has 3 aliphatic rings. The minimum atomic E-state index is -0.628. The molecule has 3 aromatic carbocycles. The average molecular weight is 1110 g/mol. The number of allylic oxidation sites excluding steroid dienone is 1. The third-order valence-electron chi connectivity index (χ3n) is 13.5. The van der Waals surface area contributed by atoms with E-state index >= 15 is 0 Å². The Bertz CT molecular complexity index is 2720. The largest absolute Gasteiger partial charge is 0.494 e. The van der Waals surface area contributed by atoms with E-state index in [1.807, 2.05) is 26.8 Å². The van der Waals surface area contributed by atoms with Crippen molar-refractivity contribution in [3.8, 4) is 40.6 Å². The molecular weight excluding hydrogens is 1040 g/mol. The van der Waals surface area contributed by atoms with Crippen LogP contribution in [0.3, 0.4) is 0 Å². The van der Waals surface area contributed by atoms with Crippen molar-refractivity contribution in [1.29, 1.82) is 5.26 Å². The molecule has 0 N–H and O–H groups in total. The van der Waals surface area contributed by atoms with Gasteiger partial charge >= 0.3 is 35.8 Å². The van der Waals surface area contributed by atoms with E-state index in [4.69, 9.17) is 44.5 Å². The van der Waals surface area contributed by atoms with Crippen LogP contribution in [0.15, 0.2) is 99.6 Å². The number of ether oxygens (including phenoxy) is 8. The van der Waals surface area contributed by atoms with E-state index in [-0.39, 0.29) is 29.1 Å². The highest BCUT2D eigenvalue weighted by Gasteiger charge is 2.39. The maximum Gasteiger partial charge on any atom is 0.330 e. The van der Waals surface area contributed by atoms with Crippen molar-refractivity contribution in [2.24, 2.45) is 23.7 Å². The summed E-state index contributed by atoms with van der Waals surface area (Å²) in [5.41, 5.74) is -0.185. The van der Waals surface area contributed by atoms with Gasteiger partial charge in [0.2, 0.25) is 0 Å². The van der Waals surface area contributed by atoms with Gasteiger partial charge in [-0.05, 0) is 163 Å². The van der Waals surface area contributed by atoms with E-state index in [1.54, 1.807) is 54.6 Å². The van der Waals surface area contributed by atoms with Gasteiger partial charge in [-0.1, -0.05) is 57.5 Å². The fraction of sp³-hybridized carbons (Fsp3) is 0.467. The van der Waals surface area contributed by atoms with Gasteiger partial charge in [0.1, 0.15) is 34.5 Å². The van der Waals surface area contributed by atoms with Gasteiger partial charge in [-0.3, -0.25) is 19.2 Å². The summed E-state index contributed by atoms with van der Waals surface area (Å²) in [6.45, 7) is 22.0. The predicted octanol–water partition coefficient (Wildman–Crippen LogP) is 12.8. The third kappa shape index (κ3) is 18.0. The van der Waals surface area contributed by atoms with Gasteiger partial charge in [-0.25, -0.2) is 19.7 Å². The molecule has 18 heteroatoms. The van der Waals surface area contributed by atoms with Crippen LogP contribution >= 0.6 is 23.5 Å². The molecule has 2 fully saturated rings. The molecule has 0 amide bonds. The standard InChI is InChI=1S/C60H68N2O14S2/c1-7-50(63)71-35-15-11-9-13-33-69-43-25-29-45(30-26-43)73-55(65)39-17-21-41(22-18-39)57(67)75-49-37-47(60(3,4)5)52(54-53(49)77-59(78-54)48(38-61)62-6)76-58(68)42-23-19-40(20-24-42)56(66)74-46-31-27-44(28-32-46)70-34-14-10-12-16-36-72-51(64)8-2/h7-8,25-32,37,39-42H,1-2,9-24,33-36H2,3-5H3/b59-48-. The van der Waals surface area contributed by atoms with Crippen molar-refractivity contribution in [2.75, 3.05) is 26.4 Å². The molecule has 0 aromatic heterocycles. The first kappa shape index (κ1) is 60.2. The first-order valence-corrected chi connectivity index (χ1v) is 28.2. The number of hydrogen-bond acceptors (Lipinski definition) is 17. The summed E-state index contributed by atoms with van der Waals surface area (Å²) in [7, 11) is 0. The van der Waals surface area contributed by atoms with Crippen LogP contribution in [0.1, 0.15) is 129 Å². The van der Waals surface area contributed by atoms with Crippen molar-refractivity contribution < 1.29 is 66.7 Å². The Morgan fingerprint density at radius 3 is 1.33 bits per heavy atom. The quantitative estimate of drug-likeness (QED) is 0.0183. The number of nitrogens with zero attached hydrogens (tertiary/aromatic N) is 2. The highest BCUT2D eigenvalue weighted by atomic mass is 32.2. The van der Waals surface area contributed by atoms with Crippen LogP contribution in [0.5, 0.6) is 34.5 Å². The molecule has 3 aromatic rings. The minimum absolute atomic E-state index is 0.146. The van der Waals surface area contributed by atoms with Gasteiger partial charge < -0.3 is 37.9 Å². The Morgan fingerprint density at radius 1 is 0.577 bits per heavy atom. The minimum Gasteiger partial charge on any atom is -0.494 e. The first-order chi connectivity index (χ1) is 37.6. The maximum absolute atomic E-state index is 14.1. The zero-order valence-corrected chi connectivity index (χ0v) is 46.3. The van der Waals surface area contributed by atoms with Crippen molar-refractivity contribution >= 4 is 59.3 Å². The number of thioether (sulfide) groups is 2. The molecule has 0 saturated heterocycles. The van der Waals surface area contributed by atoms with Gasteiger partial charge in [-0.15, -0.1) is 0 Å². The number of unbranched alkanes of at least 4 members (excludes halogenated alkanes) is 6. The van der Waals surface area contributed by atoms with Gasteiger partial charge in [0, 0.05) is 17.7 Å². The molecule has 0 spiro atoms. The van der Waals surface area contributed by atoms with E-state index in [2.05, 4.69) is 18.0 Å². The molecule has 6 rings (SSSR count). The maximum atomic E-state index is 14.1. The molecule has 414 valence electrons. The zero-order valence-electron chi connectivity index (χ0n) is 44.6. The van der Waals surface area contributed by atoms with E-state index in [0.29, 0.717) is 120 Å². The van der Waals surface area contributed by atoms with Gasteiger partial charge in [0.05, 0.1) is 76.8 Å². The van der Waals surface area contributed by atoms with E-state index in [9.17, 15) is 34.0 Å². The smallest absolute Gasteiger partial charge is 0.330 e. The average Bonchev–Trinajstić information content (AvgIpc) is 3.98. The second kappa shape index (κ2) is 30.2. The van der Waals surface area contributed by atoms with Gasteiger partial charge in [0.15, 0.2) is 0 Å².